The maximum atomic E-state index is 10.5. The zero-order valence-corrected chi connectivity index (χ0v) is 7.75. The summed E-state index contributed by atoms with van der Waals surface area (Å²) in [5, 5.41) is 18.7. The Kier molecular flexibility index (Phi) is 3.67. The van der Waals surface area contributed by atoms with Crippen molar-refractivity contribution in [3.8, 4) is 0 Å². The molecule has 0 fully saturated rings. The van der Waals surface area contributed by atoms with Crippen molar-refractivity contribution in [3.05, 3.63) is 28.0 Å². The lowest BCUT2D eigenvalue weighted by molar-refractivity contribution is 0.0697. The van der Waals surface area contributed by atoms with Crippen LogP contribution >= 0.6 is 11.3 Å². The second-order valence-electron chi connectivity index (χ2n) is 2.46. The van der Waals surface area contributed by atoms with Crippen LogP contribution in [0.15, 0.2) is 17.5 Å². The predicted octanol–water partition coefficient (Wildman–Crippen LogP) is 1.84. The number of carboxylic acids is 1. The van der Waals surface area contributed by atoms with E-state index in [9.17, 15) is 4.79 Å². The molecule has 1 aromatic heterocycles. The SMILES string of the molecule is O=C(O)c1csc(C=CCCO)c1. The van der Waals surface area contributed by atoms with Gasteiger partial charge < -0.3 is 10.2 Å². The first-order valence-corrected chi connectivity index (χ1v) is 4.71. The summed E-state index contributed by atoms with van der Waals surface area (Å²) < 4.78 is 0. The predicted molar refractivity (Wildman–Crippen MR) is 52.0 cm³/mol. The molecule has 1 heterocycles. The van der Waals surface area contributed by atoms with Gasteiger partial charge in [0.05, 0.1) is 5.56 Å². The molecule has 0 spiro atoms. The number of thiophene rings is 1. The largest absolute Gasteiger partial charge is 0.478 e. The van der Waals surface area contributed by atoms with Crippen LogP contribution in [0.4, 0.5) is 0 Å². The van der Waals surface area contributed by atoms with Gasteiger partial charge in [-0.05, 0) is 18.6 Å². The number of hydrogen-bond acceptors (Lipinski definition) is 3. The van der Waals surface area contributed by atoms with Crippen molar-refractivity contribution in [2.45, 2.75) is 6.42 Å². The standard InChI is InChI=1S/C9H10O3S/c10-4-2-1-3-8-5-7(6-13-8)9(11)12/h1,3,5-6,10H,2,4H2,(H,11,12). The fourth-order valence-electron chi connectivity index (χ4n) is 0.826. The van der Waals surface area contributed by atoms with Gasteiger partial charge in [-0.2, -0.15) is 0 Å². The summed E-state index contributed by atoms with van der Waals surface area (Å²) in [5.74, 6) is -0.905. The summed E-state index contributed by atoms with van der Waals surface area (Å²) in [5.41, 5.74) is 0.314. The fraction of sp³-hybridized carbons (Fsp3) is 0.222. The average molecular weight is 198 g/mol. The van der Waals surface area contributed by atoms with Crippen LogP contribution in [0, 0.1) is 0 Å². The van der Waals surface area contributed by atoms with Crippen LogP contribution < -0.4 is 0 Å². The van der Waals surface area contributed by atoms with Crippen LogP contribution in [0.5, 0.6) is 0 Å². The van der Waals surface area contributed by atoms with E-state index in [0.717, 1.165) is 4.88 Å². The minimum atomic E-state index is -0.905. The number of carboxylic acid groups (broad SMARTS) is 1. The summed E-state index contributed by atoms with van der Waals surface area (Å²) in [7, 11) is 0. The molecule has 0 aliphatic carbocycles. The number of rotatable bonds is 4. The average Bonchev–Trinajstić information content (AvgIpc) is 2.53. The molecule has 0 saturated carbocycles. The lowest BCUT2D eigenvalue weighted by Crippen LogP contribution is -1.91. The Labute approximate surface area is 80.0 Å². The van der Waals surface area contributed by atoms with Crippen molar-refractivity contribution in [1.82, 2.24) is 0 Å². The topological polar surface area (TPSA) is 57.5 Å². The molecular weight excluding hydrogens is 188 g/mol. The lowest BCUT2D eigenvalue weighted by atomic mass is 10.3. The van der Waals surface area contributed by atoms with E-state index < -0.39 is 5.97 Å². The minimum absolute atomic E-state index is 0.119. The molecule has 2 N–H and O–H groups in total. The normalized spacial score (nSPS) is 10.8. The van der Waals surface area contributed by atoms with E-state index in [1.54, 1.807) is 11.4 Å². The summed E-state index contributed by atoms with van der Waals surface area (Å²) in [6.45, 7) is 0.119. The van der Waals surface area contributed by atoms with Crippen molar-refractivity contribution in [2.24, 2.45) is 0 Å². The van der Waals surface area contributed by atoms with E-state index >= 15 is 0 Å². The van der Waals surface area contributed by atoms with Gasteiger partial charge in [0.2, 0.25) is 0 Å². The molecule has 0 amide bonds. The molecule has 0 aliphatic rings. The van der Waals surface area contributed by atoms with E-state index in [1.165, 1.54) is 11.3 Å². The quantitative estimate of drug-likeness (QED) is 0.776. The molecule has 0 atom stereocenters. The van der Waals surface area contributed by atoms with Gasteiger partial charge in [-0.15, -0.1) is 11.3 Å². The van der Waals surface area contributed by atoms with Crippen molar-refractivity contribution < 1.29 is 15.0 Å². The molecule has 0 aliphatic heterocycles. The third-order valence-electron chi connectivity index (χ3n) is 1.44. The van der Waals surface area contributed by atoms with Crippen LogP contribution in [-0.4, -0.2) is 22.8 Å². The van der Waals surface area contributed by atoms with Crippen LogP contribution in [0.2, 0.25) is 0 Å². The molecule has 0 bridgehead atoms. The van der Waals surface area contributed by atoms with Gasteiger partial charge in [-0.1, -0.05) is 6.08 Å². The third kappa shape index (κ3) is 3.01. The van der Waals surface area contributed by atoms with Gasteiger partial charge in [0.25, 0.3) is 0 Å². The summed E-state index contributed by atoms with van der Waals surface area (Å²) in [6, 6.07) is 1.61. The van der Waals surface area contributed by atoms with Gasteiger partial charge in [0.15, 0.2) is 0 Å². The van der Waals surface area contributed by atoms with Gasteiger partial charge in [-0.25, -0.2) is 4.79 Å². The highest BCUT2D eigenvalue weighted by atomic mass is 32.1. The maximum Gasteiger partial charge on any atom is 0.336 e. The Morgan fingerprint density at radius 3 is 2.92 bits per heavy atom. The van der Waals surface area contributed by atoms with Crippen LogP contribution in [0.25, 0.3) is 6.08 Å². The van der Waals surface area contributed by atoms with E-state index in [1.807, 2.05) is 12.2 Å². The van der Waals surface area contributed by atoms with E-state index in [4.69, 9.17) is 10.2 Å². The molecule has 70 valence electrons. The number of carbonyl (C=O) groups is 1. The Morgan fingerprint density at radius 1 is 1.62 bits per heavy atom. The number of hydrogen-bond donors (Lipinski definition) is 2. The Hall–Kier alpha value is -1.13. The van der Waals surface area contributed by atoms with Crippen LogP contribution in [-0.2, 0) is 0 Å². The van der Waals surface area contributed by atoms with Crippen molar-refractivity contribution in [1.29, 1.82) is 0 Å². The first kappa shape index (κ1) is 9.95. The van der Waals surface area contributed by atoms with E-state index in [0.29, 0.717) is 12.0 Å². The lowest BCUT2D eigenvalue weighted by Gasteiger charge is -1.84. The molecular formula is C9H10O3S. The van der Waals surface area contributed by atoms with Crippen molar-refractivity contribution >= 4 is 23.4 Å². The van der Waals surface area contributed by atoms with Gasteiger partial charge in [-0.3, -0.25) is 0 Å². The Balaban J connectivity index is 2.64. The van der Waals surface area contributed by atoms with Gasteiger partial charge in [0, 0.05) is 16.9 Å². The third-order valence-corrected chi connectivity index (χ3v) is 2.34. The van der Waals surface area contributed by atoms with Gasteiger partial charge in [0.1, 0.15) is 0 Å². The molecule has 4 heteroatoms. The van der Waals surface area contributed by atoms with Gasteiger partial charge >= 0.3 is 5.97 Å². The summed E-state index contributed by atoms with van der Waals surface area (Å²) in [6.07, 6.45) is 4.23. The maximum absolute atomic E-state index is 10.5. The second-order valence-corrected chi connectivity index (χ2v) is 3.40. The minimum Gasteiger partial charge on any atom is -0.478 e. The first-order chi connectivity index (χ1) is 6.24. The molecule has 0 saturated heterocycles. The Morgan fingerprint density at radius 2 is 2.38 bits per heavy atom. The molecule has 1 rings (SSSR count). The van der Waals surface area contributed by atoms with Crippen LogP contribution in [0.3, 0.4) is 0 Å². The smallest absolute Gasteiger partial charge is 0.336 e. The molecule has 1 aromatic rings. The molecule has 0 radical (unpaired) electrons. The number of aromatic carboxylic acids is 1. The van der Waals surface area contributed by atoms with Crippen LogP contribution in [0.1, 0.15) is 21.7 Å². The zero-order chi connectivity index (χ0) is 9.68. The van der Waals surface area contributed by atoms with Crippen molar-refractivity contribution in [3.63, 3.8) is 0 Å². The Bertz CT molecular complexity index is 314. The number of aliphatic hydroxyl groups is 1. The fourth-order valence-corrected chi connectivity index (χ4v) is 1.63. The molecule has 13 heavy (non-hydrogen) atoms. The monoisotopic (exact) mass is 198 g/mol. The zero-order valence-electron chi connectivity index (χ0n) is 6.93. The summed E-state index contributed by atoms with van der Waals surface area (Å²) in [4.78, 5) is 11.4. The first-order valence-electron chi connectivity index (χ1n) is 3.83. The number of aliphatic hydroxyl groups excluding tert-OH is 1. The van der Waals surface area contributed by atoms with E-state index in [2.05, 4.69) is 0 Å². The highest BCUT2D eigenvalue weighted by Gasteiger charge is 2.03. The molecule has 3 nitrogen and oxygen atoms in total. The highest BCUT2D eigenvalue weighted by molar-refractivity contribution is 7.11. The van der Waals surface area contributed by atoms with E-state index in [-0.39, 0.29) is 6.61 Å². The highest BCUT2D eigenvalue weighted by Crippen LogP contribution is 2.16. The second kappa shape index (κ2) is 4.79. The van der Waals surface area contributed by atoms with Crippen molar-refractivity contribution in [2.75, 3.05) is 6.61 Å². The summed E-state index contributed by atoms with van der Waals surface area (Å²) >= 11 is 1.38. The molecule has 0 unspecified atom stereocenters. The molecule has 0 aromatic carbocycles.